The molecule has 0 bridgehead atoms. The lowest BCUT2D eigenvalue weighted by atomic mass is 10.1. The largest absolute Gasteiger partial charge is 0.363 e. The Kier molecular flexibility index (Phi) is 2.52. The molecule has 1 saturated heterocycles. The van der Waals surface area contributed by atoms with Crippen LogP contribution < -0.4 is 0 Å². The Hall–Kier alpha value is -0.0400. The van der Waals surface area contributed by atoms with Gasteiger partial charge >= 0.3 is 0 Å². The van der Waals surface area contributed by atoms with E-state index in [0.717, 1.165) is 12.8 Å². The van der Waals surface area contributed by atoms with Crippen LogP contribution in [0.25, 0.3) is 0 Å². The first kappa shape index (κ1) is 7.07. The van der Waals surface area contributed by atoms with Gasteiger partial charge in [0.15, 0.2) is 0 Å². The van der Waals surface area contributed by atoms with E-state index in [1.807, 2.05) is 0 Å². The second-order valence-corrected chi connectivity index (χ2v) is 2.54. The van der Waals surface area contributed by atoms with E-state index < -0.39 is 0 Å². The fourth-order valence-corrected chi connectivity index (χ4v) is 0.931. The molecule has 1 aliphatic heterocycles. The third-order valence-corrected chi connectivity index (χ3v) is 1.65. The Morgan fingerprint density at radius 1 is 1.56 bits per heavy atom. The van der Waals surface area contributed by atoms with Gasteiger partial charge in [0.2, 0.25) is 0 Å². The molecule has 0 amide bonds. The summed E-state index contributed by atoms with van der Waals surface area (Å²) in [6.45, 7) is 5.87. The highest BCUT2D eigenvalue weighted by Gasteiger charge is 2.34. The average molecular weight is 126 g/mol. The molecule has 1 rings (SSSR count). The molecule has 2 radical (unpaired) electrons. The molecule has 1 unspecified atom stereocenters. The second kappa shape index (κ2) is 3.21. The number of rotatable bonds is 4. The van der Waals surface area contributed by atoms with E-state index in [2.05, 4.69) is 13.8 Å². The maximum absolute atomic E-state index is 5.16. The van der Waals surface area contributed by atoms with E-state index in [9.17, 15) is 0 Å². The van der Waals surface area contributed by atoms with Crippen molar-refractivity contribution < 1.29 is 4.74 Å². The van der Waals surface area contributed by atoms with E-state index in [-0.39, 0.29) is 0 Å². The standard InChI is InChI=1S/C8H14O/c1-3-4-5-6-8-7(2)9-8/h7H,1,3-6H2,2H3. The van der Waals surface area contributed by atoms with E-state index in [4.69, 9.17) is 4.74 Å². The van der Waals surface area contributed by atoms with Crippen LogP contribution in [0.2, 0.25) is 0 Å². The van der Waals surface area contributed by atoms with Crippen molar-refractivity contribution in [1.82, 2.24) is 0 Å². The first-order valence-corrected chi connectivity index (χ1v) is 3.66. The highest BCUT2D eigenvalue weighted by molar-refractivity contribution is 4.99. The van der Waals surface area contributed by atoms with Gasteiger partial charge in [-0.2, -0.15) is 0 Å². The summed E-state index contributed by atoms with van der Waals surface area (Å²) in [7, 11) is 0. The van der Waals surface area contributed by atoms with Crippen molar-refractivity contribution in [2.75, 3.05) is 0 Å². The Morgan fingerprint density at radius 3 is 2.67 bits per heavy atom. The van der Waals surface area contributed by atoms with Gasteiger partial charge in [0, 0.05) is 0 Å². The van der Waals surface area contributed by atoms with Crippen LogP contribution in [0.4, 0.5) is 0 Å². The van der Waals surface area contributed by atoms with Crippen LogP contribution in [0.1, 0.15) is 32.6 Å². The van der Waals surface area contributed by atoms with E-state index >= 15 is 0 Å². The molecule has 1 nitrogen and oxygen atoms in total. The molecule has 1 aliphatic rings. The summed E-state index contributed by atoms with van der Waals surface area (Å²) in [6, 6.07) is 0. The number of unbranched alkanes of at least 4 members (excludes halogenated alkanes) is 2. The van der Waals surface area contributed by atoms with Gasteiger partial charge in [-0.15, -0.1) is 0 Å². The fraction of sp³-hybridized carbons (Fsp3) is 0.750. The molecular formula is C8H14O. The maximum Gasteiger partial charge on any atom is 0.126 e. The van der Waals surface area contributed by atoms with Gasteiger partial charge in [-0.1, -0.05) is 26.2 Å². The van der Waals surface area contributed by atoms with Crippen LogP contribution >= 0.6 is 0 Å². The molecule has 52 valence electrons. The summed E-state index contributed by atoms with van der Waals surface area (Å²) >= 11 is 0. The van der Waals surface area contributed by atoms with Gasteiger partial charge in [-0.25, -0.2) is 0 Å². The molecule has 1 atom stereocenters. The van der Waals surface area contributed by atoms with Gasteiger partial charge in [0.05, 0.1) is 6.10 Å². The SMILES string of the molecule is [CH2]CCCC[C]1OC1C. The van der Waals surface area contributed by atoms with Crippen molar-refractivity contribution in [3.8, 4) is 0 Å². The van der Waals surface area contributed by atoms with Crippen molar-refractivity contribution in [2.24, 2.45) is 0 Å². The number of ether oxygens (including phenoxy) is 1. The van der Waals surface area contributed by atoms with Crippen molar-refractivity contribution in [1.29, 1.82) is 0 Å². The molecule has 1 heterocycles. The van der Waals surface area contributed by atoms with E-state index in [0.29, 0.717) is 6.10 Å². The predicted molar refractivity (Wildman–Crippen MR) is 37.6 cm³/mol. The third-order valence-electron chi connectivity index (χ3n) is 1.65. The number of hydrogen-bond donors (Lipinski definition) is 0. The highest BCUT2D eigenvalue weighted by atomic mass is 16.6. The van der Waals surface area contributed by atoms with Crippen LogP contribution in [-0.4, -0.2) is 6.10 Å². The molecule has 0 aromatic carbocycles. The van der Waals surface area contributed by atoms with Crippen LogP contribution in [0.3, 0.4) is 0 Å². The summed E-state index contributed by atoms with van der Waals surface area (Å²) < 4.78 is 5.16. The highest BCUT2D eigenvalue weighted by Crippen LogP contribution is 2.34. The molecule has 0 aliphatic carbocycles. The molecule has 0 spiro atoms. The van der Waals surface area contributed by atoms with Gasteiger partial charge in [-0.05, 0) is 13.3 Å². The van der Waals surface area contributed by atoms with Gasteiger partial charge < -0.3 is 4.74 Å². The lowest BCUT2D eigenvalue weighted by Gasteiger charge is -1.90. The first-order chi connectivity index (χ1) is 4.34. The molecule has 0 aromatic heterocycles. The fourth-order valence-electron chi connectivity index (χ4n) is 0.931. The summed E-state index contributed by atoms with van der Waals surface area (Å²) in [5.74, 6) is 0. The summed E-state index contributed by atoms with van der Waals surface area (Å²) in [5.41, 5.74) is 0. The lowest BCUT2D eigenvalue weighted by Crippen LogP contribution is -1.80. The molecule has 1 fully saturated rings. The zero-order valence-corrected chi connectivity index (χ0v) is 6.02. The van der Waals surface area contributed by atoms with Crippen molar-refractivity contribution >= 4 is 0 Å². The Balaban J connectivity index is 1.83. The third kappa shape index (κ3) is 2.35. The molecule has 0 aromatic rings. The quantitative estimate of drug-likeness (QED) is 0.416. The van der Waals surface area contributed by atoms with Gasteiger partial charge in [0.25, 0.3) is 0 Å². The van der Waals surface area contributed by atoms with E-state index in [1.165, 1.54) is 18.9 Å². The minimum atomic E-state index is 0.467. The van der Waals surface area contributed by atoms with E-state index in [1.54, 1.807) is 0 Å². The topological polar surface area (TPSA) is 12.5 Å². The lowest BCUT2D eigenvalue weighted by molar-refractivity contribution is 0.410. The van der Waals surface area contributed by atoms with Crippen LogP contribution in [-0.2, 0) is 4.74 Å². The number of hydrogen-bond acceptors (Lipinski definition) is 1. The molecule has 0 N–H and O–H groups in total. The van der Waals surface area contributed by atoms with Crippen molar-refractivity contribution in [2.45, 2.75) is 38.7 Å². The van der Waals surface area contributed by atoms with Crippen LogP contribution in [0, 0.1) is 13.0 Å². The minimum absolute atomic E-state index is 0.467. The summed E-state index contributed by atoms with van der Waals surface area (Å²) in [4.78, 5) is 0. The Labute approximate surface area is 57.4 Å². The zero-order valence-electron chi connectivity index (χ0n) is 6.02. The minimum Gasteiger partial charge on any atom is -0.363 e. The van der Waals surface area contributed by atoms with Crippen molar-refractivity contribution in [3.63, 3.8) is 0 Å². The first-order valence-electron chi connectivity index (χ1n) is 3.66. The summed E-state index contributed by atoms with van der Waals surface area (Å²) in [6.07, 6.45) is 6.47. The predicted octanol–water partition coefficient (Wildman–Crippen LogP) is 2.33. The molecule has 1 heteroatoms. The second-order valence-electron chi connectivity index (χ2n) is 2.54. The van der Waals surface area contributed by atoms with Gasteiger partial charge in [-0.3, -0.25) is 0 Å². The smallest absolute Gasteiger partial charge is 0.126 e. The normalized spacial score (nSPS) is 26.7. The molecule has 0 saturated carbocycles. The van der Waals surface area contributed by atoms with Crippen molar-refractivity contribution in [3.05, 3.63) is 13.0 Å². The Bertz CT molecular complexity index is 80.6. The molecule has 9 heavy (non-hydrogen) atoms. The van der Waals surface area contributed by atoms with Crippen LogP contribution in [0.15, 0.2) is 0 Å². The van der Waals surface area contributed by atoms with Crippen LogP contribution in [0.5, 0.6) is 0 Å². The zero-order chi connectivity index (χ0) is 6.69. The maximum atomic E-state index is 5.16. The molecular weight excluding hydrogens is 112 g/mol. The Morgan fingerprint density at radius 2 is 2.22 bits per heavy atom. The summed E-state index contributed by atoms with van der Waals surface area (Å²) in [5, 5.41) is 0. The number of epoxide rings is 1. The average Bonchev–Trinajstić information content (AvgIpc) is 2.48. The van der Waals surface area contributed by atoms with Gasteiger partial charge in [0.1, 0.15) is 6.10 Å². The monoisotopic (exact) mass is 126 g/mol.